The summed E-state index contributed by atoms with van der Waals surface area (Å²) in [5.41, 5.74) is 0.558. The number of hydrogen-bond donors (Lipinski definition) is 1. The number of carbonyl (C=O) groups excluding carboxylic acids is 1. The van der Waals surface area contributed by atoms with Gasteiger partial charge in [0.1, 0.15) is 0 Å². The number of halogens is 3. The van der Waals surface area contributed by atoms with Gasteiger partial charge in [-0.2, -0.15) is 18.3 Å². The summed E-state index contributed by atoms with van der Waals surface area (Å²) < 4.78 is 52.0. The van der Waals surface area contributed by atoms with Crippen LogP contribution in [0.15, 0.2) is 30.5 Å². The molecule has 2 fully saturated rings. The molecule has 1 aromatic carbocycles. The van der Waals surface area contributed by atoms with Gasteiger partial charge in [0, 0.05) is 34.3 Å². The Bertz CT molecular complexity index is 905. The molecule has 5 nitrogen and oxygen atoms in total. The molecule has 0 radical (unpaired) electrons. The molecule has 1 aliphatic carbocycles. The SMILES string of the molecule is O=C(N[C@@H]1CC[S@](=O)C1)c1cnn(-c2cccc(C(F)(F)F)c2)c1C1CC1. The average molecular weight is 397 g/mol. The van der Waals surface area contributed by atoms with Crippen LogP contribution in [-0.4, -0.2) is 37.4 Å². The molecule has 1 saturated carbocycles. The molecular formula is C18H18F3N3O2S. The monoisotopic (exact) mass is 397 g/mol. The van der Waals surface area contributed by atoms with Crippen LogP contribution < -0.4 is 5.32 Å². The van der Waals surface area contributed by atoms with Crippen molar-refractivity contribution in [1.29, 1.82) is 0 Å². The normalized spacial score (nSPS) is 22.8. The summed E-state index contributed by atoms with van der Waals surface area (Å²) in [6.45, 7) is 0. The van der Waals surface area contributed by atoms with Crippen molar-refractivity contribution in [2.45, 2.75) is 37.4 Å². The van der Waals surface area contributed by atoms with Gasteiger partial charge in [-0.1, -0.05) is 6.07 Å². The number of benzene rings is 1. The largest absolute Gasteiger partial charge is 0.416 e. The van der Waals surface area contributed by atoms with Crippen LogP contribution in [0.25, 0.3) is 5.69 Å². The highest BCUT2D eigenvalue weighted by molar-refractivity contribution is 7.85. The van der Waals surface area contributed by atoms with E-state index in [0.29, 0.717) is 29.2 Å². The summed E-state index contributed by atoms with van der Waals surface area (Å²) >= 11 is 0. The smallest absolute Gasteiger partial charge is 0.348 e. The van der Waals surface area contributed by atoms with E-state index in [0.717, 1.165) is 25.0 Å². The molecule has 4 rings (SSSR count). The van der Waals surface area contributed by atoms with Crippen LogP contribution in [0.5, 0.6) is 0 Å². The van der Waals surface area contributed by atoms with Gasteiger partial charge in [-0.3, -0.25) is 9.00 Å². The molecule has 27 heavy (non-hydrogen) atoms. The molecule has 1 N–H and O–H groups in total. The molecule has 0 bridgehead atoms. The van der Waals surface area contributed by atoms with E-state index in [1.165, 1.54) is 16.9 Å². The van der Waals surface area contributed by atoms with Crippen LogP contribution in [0.3, 0.4) is 0 Å². The molecule has 1 aliphatic heterocycles. The van der Waals surface area contributed by atoms with Crippen molar-refractivity contribution in [2.24, 2.45) is 0 Å². The number of alkyl halides is 3. The predicted octanol–water partition coefficient (Wildman–Crippen LogP) is 3.02. The Morgan fingerprint density at radius 2 is 2.04 bits per heavy atom. The van der Waals surface area contributed by atoms with E-state index in [4.69, 9.17) is 0 Å². The maximum atomic E-state index is 13.0. The fraction of sp³-hybridized carbons (Fsp3) is 0.444. The highest BCUT2D eigenvalue weighted by Gasteiger charge is 2.35. The minimum absolute atomic E-state index is 0.112. The molecule has 2 aromatic rings. The van der Waals surface area contributed by atoms with Gasteiger partial charge in [0.05, 0.1) is 28.7 Å². The standard InChI is InChI=1S/C18H18F3N3O2S/c19-18(20,21)12-2-1-3-14(8-12)24-16(11-4-5-11)15(9-22-24)17(25)23-13-6-7-27(26)10-13/h1-3,8-9,11,13H,4-7,10H2,(H,23,25)/t13-,27+/m1/s1. The first-order valence-electron chi connectivity index (χ1n) is 8.74. The van der Waals surface area contributed by atoms with Crippen molar-refractivity contribution in [2.75, 3.05) is 11.5 Å². The van der Waals surface area contributed by atoms with E-state index >= 15 is 0 Å². The molecular weight excluding hydrogens is 379 g/mol. The third-order valence-electron chi connectivity index (χ3n) is 4.85. The lowest BCUT2D eigenvalue weighted by molar-refractivity contribution is -0.137. The Labute approximate surface area is 156 Å². The van der Waals surface area contributed by atoms with Crippen molar-refractivity contribution in [3.63, 3.8) is 0 Å². The van der Waals surface area contributed by atoms with Gasteiger partial charge in [-0.05, 0) is 37.5 Å². The number of nitrogens with zero attached hydrogens (tertiary/aromatic N) is 2. The van der Waals surface area contributed by atoms with Crippen LogP contribution in [0, 0.1) is 0 Å². The predicted molar refractivity (Wildman–Crippen MR) is 94.3 cm³/mol. The van der Waals surface area contributed by atoms with Crippen molar-refractivity contribution >= 4 is 16.7 Å². The molecule has 2 aliphatic rings. The highest BCUT2D eigenvalue weighted by atomic mass is 32.2. The number of amides is 1. The number of rotatable bonds is 4. The average Bonchev–Trinajstić information content (AvgIpc) is 3.22. The lowest BCUT2D eigenvalue weighted by Crippen LogP contribution is -2.35. The Morgan fingerprint density at radius 3 is 2.67 bits per heavy atom. The van der Waals surface area contributed by atoms with E-state index in [-0.39, 0.29) is 23.6 Å². The zero-order valence-electron chi connectivity index (χ0n) is 14.3. The summed E-state index contributed by atoms with van der Waals surface area (Å²) in [5.74, 6) is 0.815. The lowest BCUT2D eigenvalue weighted by atomic mass is 10.1. The second-order valence-electron chi connectivity index (χ2n) is 6.95. The van der Waals surface area contributed by atoms with Gasteiger partial charge in [-0.25, -0.2) is 4.68 Å². The quantitative estimate of drug-likeness (QED) is 0.863. The maximum absolute atomic E-state index is 13.0. The second kappa shape index (κ2) is 6.78. The molecule has 2 atom stereocenters. The first-order chi connectivity index (χ1) is 12.8. The maximum Gasteiger partial charge on any atom is 0.416 e. The van der Waals surface area contributed by atoms with Crippen molar-refractivity contribution < 1.29 is 22.2 Å². The van der Waals surface area contributed by atoms with E-state index in [1.54, 1.807) is 6.07 Å². The molecule has 144 valence electrons. The molecule has 2 heterocycles. The van der Waals surface area contributed by atoms with Gasteiger partial charge < -0.3 is 5.32 Å². The van der Waals surface area contributed by atoms with Crippen LogP contribution in [-0.2, 0) is 17.0 Å². The summed E-state index contributed by atoms with van der Waals surface area (Å²) in [7, 11) is -0.905. The van der Waals surface area contributed by atoms with E-state index < -0.39 is 22.5 Å². The van der Waals surface area contributed by atoms with E-state index in [1.807, 2.05) is 0 Å². The molecule has 1 aromatic heterocycles. The van der Waals surface area contributed by atoms with Crippen molar-refractivity contribution in [3.8, 4) is 5.69 Å². The van der Waals surface area contributed by atoms with Crippen LogP contribution in [0.4, 0.5) is 13.2 Å². The van der Waals surface area contributed by atoms with Crippen molar-refractivity contribution in [3.05, 3.63) is 47.3 Å². The zero-order valence-corrected chi connectivity index (χ0v) is 15.1. The number of nitrogens with one attached hydrogen (secondary N) is 1. The fourth-order valence-corrected chi connectivity index (χ4v) is 4.76. The Balaban J connectivity index is 1.65. The summed E-state index contributed by atoms with van der Waals surface area (Å²) in [6, 6.07) is 4.81. The molecule has 0 spiro atoms. The Hall–Kier alpha value is -2.16. The molecule has 0 unspecified atom stereocenters. The van der Waals surface area contributed by atoms with E-state index in [9.17, 15) is 22.2 Å². The van der Waals surface area contributed by atoms with Crippen molar-refractivity contribution in [1.82, 2.24) is 15.1 Å². The summed E-state index contributed by atoms with van der Waals surface area (Å²) in [4.78, 5) is 12.7. The summed E-state index contributed by atoms with van der Waals surface area (Å²) in [5, 5.41) is 7.09. The number of aromatic nitrogens is 2. The third-order valence-corrected chi connectivity index (χ3v) is 6.31. The lowest BCUT2D eigenvalue weighted by Gasteiger charge is -2.13. The molecule has 1 amide bonds. The summed E-state index contributed by atoms with van der Waals surface area (Å²) in [6.07, 6.45) is -0.619. The number of carbonyl (C=O) groups is 1. The minimum Gasteiger partial charge on any atom is -0.348 e. The van der Waals surface area contributed by atoms with Gasteiger partial charge in [-0.15, -0.1) is 0 Å². The van der Waals surface area contributed by atoms with Gasteiger partial charge >= 0.3 is 6.18 Å². The van der Waals surface area contributed by atoms with Crippen LogP contribution >= 0.6 is 0 Å². The van der Waals surface area contributed by atoms with Gasteiger partial charge in [0.25, 0.3) is 5.91 Å². The molecule has 1 saturated heterocycles. The second-order valence-corrected chi connectivity index (χ2v) is 8.57. The first kappa shape index (κ1) is 18.2. The Morgan fingerprint density at radius 1 is 1.26 bits per heavy atom. The van der Waals surface area contributed by atoms with Crippen LogP contribution in [0.1, 0.15) is 46.8 Å². The van der Waals surface area contributed by atoms with Crippen LogP contribution in [0.2, 0.25) is 0 Å². The first-order valence-corrected chi connectivity index (χ1v) is 10.2. The molecule has 9 heteroatoms. The minimum atomic E-state index is -4.44. The number of hydrogen-bond acceptors (Lipinski definition) is 3. The van der Waals surface area contributed by atoms with Gasteiger partial charge in [0.2, 0.25) is 0 Å². The third kappa shape index (κ3) is 3.78. The highest BCUT2D eigenvalue weighted by Crippen LogP contribution is 2.43. The topological polar surface area (TPSA) is 64.0 Å². The zero-order chi connectivity index (χ0) is 19.2. The Kier molecular flexibility index (Phi) is 4.57. The fourth-order valence-electron chi connectivity index (χ4n) is 3.34. The van der Waals surface area contributed by atoms with E-state index in [2.05, 4.69) is 10.4 Å². The van der Waals surface area contributed by atoms with Gasteiger partial charge in [0.15, 0.2) is 0 Å².